The van der Waals surface area contributed by atoms with Gasteiger partial charge in [-0.15, -0.1) is 0 Å². The molecule has 1 N–H and O–H groups in total. The number of hydrogen-bond donors (Lipinski definition) is 1. The van der Waals surface area contributed by atoms with Crippen LogP contribution in [0.4, 0.5) is 0 Å². The van der Waals surface area contributed by atoms with Gasteiger partial charge in [0.2, 0.25) is 0 Å². The fourth-order valence-corrected chi connectivity index (χ4v) is 2.81. The highest BCUT2D eigenvalue weighted by Crippen LogP contribution is 2.19. The third-order valence-electron chi connectivity index (χ3n) is 4.13. The van der Waals surface area contributed by atoms with Crippen molar-refractivity contribution in [2.45, 2.75) is 40.2 Å². The molecule has 0 aliphatic carbocycles. The molecule has 2 rings (SSSR count). The number of ether oxygens (including phenoxy) is 1. The summed E-state index contributed by atoms with van der Waals surface area (Å²) in [6.45, 7) is 7.69. The second-order valence-electron chi connectivity index (χ2n) is 6.97. The number of rotatable bonds is 8. The first-order valence-corrected chi connectivity index (χ1v) is 8.97. The second kappa shape index (κ2) is 9.18. The van der Waals surface area contributed by atoms with Gasteiger partial charge in [-0.3, -0.25) is 9.59 Å². The quantitative estimate of drug-likeness (QED) is 0.718. The monoisotopic (exact) mass is 353 g/mol. The molecule has 0 fully saturated rings. The van der Waals surface area contributed by atoms with E-state index in [4.69, 9.17) is 4.74 Å². The summed E-state index contributed by atoms with van der Waals surface area (Å²) in [5.41, 5.74) is 2.83. The molecule has 1 amide bonds. The van der Waals surface area contributed by atoms with Gasteiger partial charge < -0.3 is 10.1 Å². The zero-order valence-electron chi connectivity index (χ0n) is 15.9. The van der Waals surface area contributed by atoms with Crippen molar-refractivity contribution in [3.05, 3.63) is 65.2 Å². The van der Waals surface area contributed by atoms with Crippen LogP contribution in [0.25, 0.3) is 0 Å². The molecule has 0 aliphatic heterocycles. The first-order valence-electron chi connectivity index (χ1n) is 8.97. The van der Waals surface area contributed by atoms with Crippen LogP contribution in [0, 0.1) is 5.92 Å². The van der Waals surface area contributed by atoms with E-state index < -0.39 is 0 Å². The highest BCUT2D eigenvalue weighted by Gasteiger charge is 2.12. The number of ketones is 1. The van der Waals surface area contributed by atoms with Gasteiger partial charge in [-0.05, 0) is 49.4 Å². The van der Waals surface area contributed by atoms with Crippen molar-refractivity contribution in [2.75, 3.05) is 6.61 Å². The minimum absolute atomic E-state index is 0.0872. The summed E-state index contributed by atoms with van der Waals surface area (Å²) in [6.07, 6.45) is 1.05. The molecular formula is C22H27NO3. The molecule has 0 radical (unpaired) electrons. The zero-order chi connectivity index (χ0) is 19.1. The average molecular weight is 353 g/mol. The lowest BCUT2D eigenvalue weighted by Crippen LogP contribution is -2.31. The lowest BCUT2D eigenvalue weighted by atomic mass is 10.00. The lowest BCUT2D eigenvalue weighted by molar-refractivity contribution is -0.123. The van der Waals surface area contributed by atoms with E-state index in [1.54, 1.807) is 24.3 Å². The maximum absolute atomic E-state index is 12.2. The normalized spacial score (nSPS) is 11.9. The molecule has 0 bridgehead atoms. The first kappa shape index (κ1) is 19.7. The molecule has 1 unspecified atom stereocenters. The van der Waals surface area contributed by atoms with Crippen molar-refractivity contribution in [2.24, 2.45) is 5.92 Å². The van der Waals surface area contributed by atoms with Crippen molar-refractivity contribution >= 4 is 11.7 Å². The molecule has 0 spiro atoms. The van der Waals surface area contributed by atoms with E-state index in [0.29, 0.717) is 17.2 Å². The largest absolute Gasteiger partial charge is 0.483 e. The Morgan fingerprint density at radius 3 is 2.27 bits per heavy atom. The molecule has 1 atom stereocenters. The summed E-state index contributed by atoms with van der Waals surface area (Å²) >= 11 is 0. The van der Waals surface area contributed by atoms with Crippen molar-refractivity contribution in [3.63, 3.8) is 0 Å². The summed E-state index contributed by atoms with van der Waals surface area (Å²) in [5.74, 6) is 0.742. The van der Waals surface area contributed by atoms with E-state index in [1.165, 1.54) is 12.5 Å². The van der Waals surface area contributed by atoms with E-state index in [1.807, 2.05) is 6.92 Å². The molecule has 0 heterocycles. The number of carbonyl (C=O) groups excluding carboxylic acids is 2. The highest BCUT2D eigenvalue weighted by atomic mass is 16.5. The van der Waals surface area contributed by atoms with Crippen molar-refractivity contribution in [1.29, 1.82) is 0 Å². The van der Waals surface area contributed by atoms with Gasteiger partial charge in [0.15, 0.2) is 12.4 Å². The number of benzene rings is 2. The van der Waals surface area contributed by atoms with Gasteiger partial charge in [0.1, 0.15) is 5.75 Å². The van der Waals surface area contributed by atoms with Crippen LogP contribution in [0.3, 0.4) is 0 Å². The zero-order valence-corrected chi connectivity index (χ0v) is 15.9. The van der Waals surface area contributed by atoms with Crippen LogP contribution >= 0.6 is 0 Å². The molecule has 4 nitrogen and oxygen atoms in total. The van der Waals surface area contributed by atoms with E-state index in [-0.39, 0.29) is 24.3 Å². The van der Waals surface area contributed by atoms with Gasteiger partial charge in [-0.25, -0.2) is 0 Å². The number of amides is 1. The van der Waals surface area contributed by atoms with Crippen LogP contribution in [0.1, 0.15) is 55.2 Å². The number of carbonyl (C=O) groups is 2. The van der Waals surface area contributed by atoms with Crippen LogP contribution < -0.4 is 10.1 Å². The Bertz CT molecular complexity index is 750. The fourth-order valence-electron chi connectivity index (χ4n) is 2.81. The molecule has 26 heavy (non-hydrogen) atoms. The summed E-state index contributed by atoms with van der Waals surface area (Å²) in [7, 11) is 0. The van der Waals surface area contributed by atoms with Gasteiger partial charge in [0, 0.05) is 0 Å². The Kier molecular flexibility index (Phi) is 6.96. The van der Waals surface area contributed by atoms with Gasteiger partial charge in [-0.2, -0.15) is 0 Å². The van der Waals surface area contributed by atoms with Crippen molar-refractivity contribution < 1.29 is 14.3 Å². The highest BCUT2D eigenvalue weighted by molar-refractivity contribution is 5.96. The number of nitrogens with one attached hydrogen (secondary N) is 1. The molecule has 2 aromatic rings. The first-order chi connectivity index (χ1) is 12.4. The summed E-state index contributed by atoms with van der Waals surface area (Å²) in [6, 6.07) is 15.1. The van der Waals surface area contributed by atoms with E-state index in [2.05, 4.69) is 43.4 Å². The maximum atomic E-state index is 12.2. The van der Waals surface area contributed by atoms with E-state index in [0.717, 1.165) is 12.0 Å². The molecule has 138 valence electrons. The molecule has 4 heteroatoms. The lowest BCUT2D eigenvalue weighted by Gasteiger charge is -2.16. The SMILES string of the molecule is CC(=O)c1ccccc1OCC(=O)NC(C)c1ccc(CC(C)C)cc1. The summed E-state index contributed by atoms with van der Waals surface area (Å²) in [5, 5.41) is 2.93. The van der Waals surface area contributed by atoms with Crippen LogP contribution in [-0.2, 0) is 11.2 Å². The topological polar surface area (TPSA) is 55.4 Å². The Morgan fingerprint density at radius 1 is 1.00 bits per heavy atom. The van der Waals surface area contributed by atoms with Crippen molar-refractivity contribution in [3.8, 4) is 5.75 Å². The number of Topliss-reactive ketones (excluding diaryl/α,β-unsaturated/α-hetero) is 1. The summed E-state index contributed by atoms with van der Waals surface area (Å²) in [4.78, 5) is 23.8. The van der Waals surface area contributed by atoms with Gasteiger partial charge in [0.25, 0.3) is 5.91 Å². The minimum atomic E-state index is -0.220. The Labute approximate surface area is 155 Å². The third kappa shape index (κ3) is 5.73. The smallest absolute Gasteiger partial charge is 0.258 e. The standard InChI is InChI=1S/C22H27NO3/c1-15(2)13-18-9-11-19(12-10-18)16(3)23-22(25)14-26-21-8-6-5-7-20(21)17(4)24/h5-12,15-16H,13-14H2,1-4H3,(H,23,25). The predicted octanol–water partition coefficient (Wildman–Crippen LogP) is 4.34. The molecule has 0 saturated carbocycles. The van der Waals surface area contributed by atoms with Crippen LogP contribution in [-0.4, -0.2) is 18.3 Å². The second-order valence-corrected chi connectivity index (χ2v) is 6.97. The van der Waals surface area contributed by atoms with Gasteiger partial charge >= 0.3 is 0 Å². The molecular weight excluding hydrogens is 326 g/mol. The van der Waals surface area contributed by atoms with E-state index >= 15 is 0 Å². The fraction of sp³-hybridized carbons (Fsp3) is 0.364. The van der Waals surface area contributed by atoms with Gasteiger partial charge in [-0.1, -0.05) is 50.2 Å². The molecule has 2 aromatic carbocycles. The number of para-hydroxylation sites is 1. The predicted molar refractivity (Wildman–Crippen MR) is 103 cm³/mol. The van der Waals surface area contributed by atoms with Crippen LogP contribution in [0.2, 0.25) is 0 Å². The van der Waals surface area contributed by atoms with Crippen LogP contribution in [0.15, 0.2) is 48.5 Å². The van der Waals surface area contributed by atoms with E-state index in [9.17, 15) is 9.59 Å². The molecule has 0 saturated heterocycles. The Balaban J connectivity index is 1.90. The third-order valence-corrected chi connectivity index (χ3v) is 4.13. The van der Waals surface area contributed by atoms with Crippen LogP contribution in [0.5, 0.6) is 5.75 Å². The van der Waals surface area contributed by atoms with Gasteiger partial charge in [0.05, 0.1) is 11.6 Å². The Morgan fingerprint density at radius 2 is 1.65 bits per heavy atom. The van der Waals surface area contributed by atoms with Crippen molar-refractivity contribution in [1.82, 2.24) is 5.32 Å². The minimum Gasteiger partial charge on any atom is -0.483 e. The summed E-state index contributed by atoms with van der Waals surface area (Å²) < 4.78 is 5.53. The molecule has 0 aliphatic rings. The average Bonchev–Trinajstić information content (AvgIpc) is 2.60. The molecule has 0 aromatic heterocycles. The maximum Gasteiger partial charge on any atom is 0.258 e. The number of hydrogen-bond acceptors (Lipinski definition) is 3. The Hall–Kier alpha value is -2.62.